The molecule has 3 aromatic heterocycles. The highest BCUT2D eigenvalue weighted by Gasteiger charge is 2.24. The molecule has 0 spiro atoms. The third-order valence-corrected chi connectivity index (χ3v) is 8.33. The van der Waals surface area contributed by atoms with Crippen LogP contribution in [-0.2, 0) is 25.7 Å². The summed E-state index contributed by atoms with van der Waals surface area (Å²) >= 11 is 3.32. The Hall–Kier alpha value is -2.58. The number of nitrogens with zero attached hydrogens (tertiary/aromatic N) is 3. The number of hydrogen-bond acceptors (Lipinski definition) is 8. The number of aryl methyl sites for hydroxylation is 2. The molecule has 0 unspecified atom stereocenters. The molecule has 35 heavy (non-hydrogen) atoms. The van der Waals surface area contributed by atoms with E-state index in [1.807, 2.05) is 18.4 Å². The summed E-state index contributed by atoms with van der Waals surface area (Å²) in [6.07, 6.45) is 9.82. The molecule has 6 nitrogen and oxygen atoms in total. The molecule has 184 valence electrons. The zero-order valence-electron chi connectivity index (χ0n) is 20.9. The van der Waals surface area contributed by atoms with E-state index in [9.17, 15) is 0 Å². The van der Waals surface area contributed by atoms with Crippen molar-refractivity contribution in [2.24, 2.45) is 0 Å². The molecule has 5 rings (SSSR count). The van der Waals surface area contributed by atoms with Crippen LogP contribution in [0.15, 0.2) is 23.4 Å². The monoisotopic (exact) mass is 508 g/mol. The first-order chi connectivity index (χ1) is 17.2. The predicted molar refractivity (Wildman–Crippen MR) is 147 cm³/mol. The van der Waals surface area contributed by atoms with Crippen molar-refractivity contribution in [2.45, 2.75) is 57.0 Å². The molecule has 1 aliphatic carbocycles. The Balaban J connectivity index is 1.49. The lowest BCUT2D eigenvalue weighted by atomic mass is 10.0. The fourth-order valence-electron chi connectivity index (χ4n) is 4.95. The van der Waals surface area contributed by atoms with Crippen molar-refractivity contribution >= 4 is 49.3 Å². The van der Waals surface area contributed by atoms with Gasteiger partial charge in [-0.15, -0.1) is 11.3 Å². The van der Waals surface area contributed by atoms with Gasteiger partial charge in [0.25, 0.3) is 0 Å². The molecule has 1 aromatic carbocycles. The van der Waals surface area contributed by atoms with E-state index in [2.05, 4.69) is 18.3 Å². The van der Waals surface area contributed by atoms with Gasteiger partial charge in [0.15, 0.2) is 16.7 Å². The highest BCUT2D eigenvalue weighted by molar-refractivity contribution is 7.98. The van der Waals surface area contributed by atoms with E-state index in [1.54, 1.807) is 37.3 Å². The van der Waals surface area contributed by atoms with Gasteiger partial charge in [0, 0.05) is 17.6 Å². The number of nitrogens with one attached hydrogen (secondary N) is 1. The molecule has 0 saturated carbocycles. The third kappa shape index (κ3) is 4.66. The molecule has 0 amide bonds. The van der Waals surface area contributed by atoms with Gasteiger partial charge in [0.1, 0.15) is 10.6 Å². The number of thiophene rings is 1. The second-order valence-electron chi connectivity index (χ2n) is 8.86. The van der Waals surface area contributed by atoms with Crippen LogP contribution in [-0.4, -0.2) is 42.0 Å². The van der Waals surface area contributed by atoms with Crippen molar-refractivity contribution in [3.63, 3.8) is 0 Å². The van der Waals surface area contributed by atoms with Crippen LogP contribution in [0.2, 0.25) is 0 Å². The van der Waals surface area contributed by atoms with E-state index < -0.39 is 0 Å². The van der Waals surface area contributed by atoms with E-state index in [4.69, 9.17) is 24.4 Å². The van der Waals surface area contributed by atoms with Crippen molar-refractivity contribution in [1.82, 2.24) is 15.0 Å². The van der Waals surface area contributed by atoms with Crippen molar-refractivity contribution in [2.75, 3.05) is 32.3 Å². The summed E-state index contributed by atoms with van der Waals surface area (Å²) in [5.74, 6) is 2.40. The van der Waals surface area contributed by atoms with Gasteiger partial charge < -0.3 is 14.8 Å². The van der Waals surface area contributed by atoms with Crippen LogP contribution in [0.4, 0.5) is 5.82 Å². The van der Waals surface area contributed by atoms with Gasteiger partial charge >= 0.3 is 0 Å². The van der Waals surface area contributed by atoms with E-state index in [0.29, 0.717) is 0 Å². The molecule has 4 aromatic rings. The fraction of sp³-hybridized carbons (Fsp3) is 0.444. The molecule has 0 bridgehead atoms. The zero-order chi connectivity index (χ0) is 24.4. The van der Waals surface area contributed by atoms with Crippen LogP contribution in [0, 0.1) is 0 Å². The first-order valence-corrected chi connectivity index (χ1v) is 14.3. The van der Waals surface area contributed by atoms with Gasteiger partial charge in [0.2, 0.25) is 0 Å². The number of hydrogen-bond donors (Lipinski definition) is 1. The molecule has 0 radical (unpaired) electrons. The van der Waals surface area contributed by atoms with Crippen molar-refractivity contribution < 1.29 is 9.47 Å². The van der Waals surface area contributed by atoms with Crippen LogP contribution in [0.5, 0.6) is 11.5 Å². The topological polar surface area (TPSA) is 69.2 Å². The largest absolute Gasteiger partial charge is 0.493 e. The number of rotatable bonds is 10. The Kier molecular flexibility index (Phi) is 7.29. The van der Waals surface area contributed by atoms with Gasteiger partial charge in [-0.05, 0) is 73.6 Å². The first kappa shape index (κ1) is 24.1. The van der Waals surface area contributed by atoms with Gasteiger partial charge in [-0.1, -0.05) is 31.2 Å². The zero-order valence-corrected chi connectivity index (χ0v) is 22.5. The molecule has 3 heterocycles. The van der Waals surface area contributed by atoms with Crippen molar-refractivity contribution in [3.8, 4) is 11.5 Å². The summed E-state index contributed by atoms with van der Waals surface area (Å²) in [6, 6.07) is 6.07. The summed E-state index contributed by atoms with van der Waals surface area (Å²) in [4.78, 5) is 16.1. The van der Waals surface area contributed by atoms with Crippen LogP contribution in [0.25, 0.3) is 20.4 Å². The second-order valence-corrected chi connectivity index (χ2v) is 10.6. The normalized spacial score (nSPS) is 12.9. The van der Waals surface area contributed by atoms with Gasteiger partial charge in [-0.25, -0.2) is 15.0 Å². The number of thioether (sulfide) groups is 1. The highest BCUT2D eigenvalue weighted by atomic mass is 32.2. The SMILES string of the molecule is CCCCc1nc2sc3c(NCCc4ccc(OC)c(OC)c4)nc(SC)nc3c2c2c1CCC2. The Labute approximate surface area is 214 Å². The maximum Gasteiger partial charge on any atom is 0.189 e. The smallest absolute Gasteiger partial charge is 0.189 e. The molecule has 8 heteroatoms. The standard InChI is InChI=1S/C27H32N4O2S2/c1-5-6-10-19-17-8-7-9-18(17)22-23-24(35-26(22)29-19)25(31-27(30-23)34-4)28-14-13-16-11-12-20(32-2)21(15-16)33-3/h11-12,15H,5-10,13-14H2,1-4H3,(H,28,30,31). The summed E-state index contributed by atoms with van der Waals surface area (Å²) in [5, 5.41) is 5.66. The van der Waals surface area contributed by atoms with Crippen LogP contribution >= 0.6 is 23.1 Å². The predicted octanol–water partition coefficient (Wildman–Crippen LogP) is 6.46. The highest BCUT2D eigenvalue weighted by Crippen LogP contribution is 2.42. The Morgan fingerprint density at radius 1 is 1.03 bits per heavy atom. The third-order valence-electron chi connectivity index (χ3n) is 6.70. The maximum atomic E-state index is 5.46. The molecular formula is C27H32N4O2S2. The van der Waals surface area contributed by atoms with Gasteiger partial charge in [-0.2, -0.15) is 0 Å². The molecule has 0 aliphatic heterocycles. The average molecular weight is 509 g/mol. The molecular weight excluding hydrogens is 476 g/mol. The quantitative estimate of drug-likeness (QED) is 0.195. The minimum absolute atomic E-state index is 0.745. The maximum absolute atomic E-state index is 5.46. The number of unbranched alkanes of at least 4 members (excludes halogenated alkanes) is 1. The number of fused-ring (bicyclic) bond motifs is 5. The Bertz CT molecular complexity index is 1370. The number of ether oxygens (including phenoxy) is 2. The van der Waals surface area contributed by atoms with E-state index >= 15 is 0 Å². The molecule has 0 atom stereocenters. The summed E-state index contributed by atoms with van der Waals surface area (Å²) in [7, 11) is 3.33. The number of benzene rings is 1. The van der Waals surface area contributed by atoms with Crippen LogP contribution in [0.1, 0.15) is 48.6 Å². The second kappa shape index (κ2) is 10.6. The van der Waals surface area contributed by atoms with E-state index in [1.165, 1.54) is 47.0 Å². The van der Waals surface area contributed by atoms with E-state index in [-0.39, 0.29) is 0 Å². The minimum atomic E-state index is 0.745. The first-order valence-electron chi connectivity index (χ1n) is 12.3. The summed E-state index contributed by atoms with van der Waals surface area (Å²) < 4.78 is 11.9. The van der Waals surface area contributed by atoms with Crippen molar-refractivity contribution in [3.05, 3.63) is 40.6 Å². The summed E-state index contributed by atoms with van der Waals surface area (Å²) in [6.45, 7) is 3.01. The van der Waals surface area contributed by atoms with Crippen LogP contribution < -0.4 is 14.8 Å². The lowest BCUT2D eigenvalue weighted by molar-refractivity contribution is 0.354. The summed E-state index contributed by atoms with van der Waals surface area (Å²) in [5.41, 5.74) is 6.51. The van der Waals surface area contributed by atoms with Gasteiger partial charge in [0.05, 0.1) is 24.4 Å². The van der Waals surface area contributed by atoms with Crippen molar-refractivity contribution in [1.29, 1.82) is 0 Å². The number of aromatic nitrogens is 3. The molecule has 0 fully saturated rings. The number of anilines is 1. The Morgan fingerprint density at radius 2 is 1.86 bits per heavy atom. The van der Waals surface area contributed by atoms with E-state index in [0.717, 1.165) is 69.7 Å². The number of methoxy groups -OCH3 is 2. The van der Waals surface area contributed by atoms with Crippen LogP contribution in [0.3, 0.4) is 0 Å². The molecule has 1 aliphatic rings. The lowest BCUT2D eigenvalue weighted by Gasteiger charge is -2.11. The lowest BCUT2D eigenvalue weighted by Crippen LogP contribution is -2.07. The Morgan fingerprint density at radius 3 is 2.63 bits per heavy atom. The minimum Gasteiger partial charge on any atom is -0.493 e. The van der Waals surface area contributed by atoms with Gasteiger partial charge in [-0.3, -0.25) is 0 Å². The fourth-order valence-corrected chi connectivity index (χ4v) is 6.44. The number of pyridine rings is 1. The average Bonchev–Trinajstić information content (AvgIpc) is 3.51. The molecule has 1 N–H and O–H groups in total. The molecule has 0 saturated heterocycles.